The molecule has 1 heterocycles. The number of nitrogens with zero attached hydrogens (tertiary/aromatic N) is 1. The van der Waals surface area contributed by atoms with Crippen molar-refractivity contribution < 1.29 is 9.53 Å². The topological polar surface area (TPSA) is 55.0 Å². The maximum atomic E-state index is 12.0. The van der Waals surface area contributed by atoms with Gasteiger partial charge in [0.15, 0.2) is 0 Å². The lowest BCUT2D eigenvalue weighted by atomic mass is 9.72. The average Bonchev–Trinajstić information content (AvgIpc) is 2.90. The minimum Gasteiger partial charge on any atom is -0.469 e. The summed E-state index contributed by atoms with van der Waals surface area (Å²) in [6.07, 6.45) is 8.66. The summed E-state index contributed by atoms with van der Waals surface area (Å²) in [5.41, 5.74) is -0.856. The van der Waals surface area contributed by atoms with Crippen LogP contribution in [0.1, 0.15) is 46.4 Å². The summed E-state index contributed by atoms with van der Waals surface area (Å²) in [5.74, 6) is 0.651. The van der Waals surface area contributed by atoms with E-state index in [-0.39, 0.29) is 11.4 Å². The fourth-order valence-electron chi connectivity index (χ4n) is 2.87. The van der Waals surface area contributed by atoms with Crippen LogP contribution in [0.25, 0.3) is 12.2 Å². The van der Waals surface area contributed by atoms with Gasteiger partial charge in [0.05, 0.1) is 23.2 Å². The first-order chi connectivity index (χ1) is 10.7. The lowest BCUT2D eigenvalue weighted by Gasteiger charge is -2.33. The molecule has 1 aromatic rings. The molecule has 1 aromatic heterocycles. The van der Waals surface area contributed by atoms with E-state index in [1.54, 1.807) is 12.2 Å². The third-order valence-corrected chi connectivity index (χ3v) is 4.24. The standard InChI is InChI=1S/C19H28N2O2/c1-8-11-14-15(12-9-2)21-16(20-14)19(6,10-3)13-18(4,5)17(22)23-7/h8-9,11-12H,1-2,10,13H2,3-7H3,(H,20,21)/b14-11+,15-12+. The monoisotopic (exact) mass is 316 g/mol. The number of methoxy groups -OCH3 is 1. The average molecular weight is 316 g/mol. The van der Waals surface area contributed by atoms with Crippen molar-refractivity contribution in [1.82, 2.24) is 9.97 Å². The number of esters is 1. The van der Waals surface area contributed by atoms with Crippen molar-refractivity contribution in [3.05, 3.63) is 41.8 Å². The van der Waals surface area contributed by atoms with Gasteiger partial charge >= 0.3 is 5.97 Å². The lowest BCUT2D eigenvalue weighted by molar-refractivity contribution is -0.152. The highest BCUT2D eigenvalue weighted by molar-refractivity contribution is 5.75. The van der Waals surface area contributed by atoms with E-state index in [0.29, 0.717) is 6.42 Å². The Bertz CT molecular complexity index is 660. The summed E-state index contributed by atoms with van der Waals surface area (Å²) in [7, 11) is 1.43. The second-order valence-corrected chi connectivity index (χ2v) is 6.66. The van der Waals surface area contributed by atoms with Gasteiger partial charge in [0.25, 0.3) is 0 Å². The summed E-state index contributed by atoms with van der Waals surface area (Å²) in [6.45, 7) is 15.5. The van der Waals surface area contributed by atoms with Crippen LogP contribution in [0, 0.1) is 5.41 Å². The third kappa shape index (κ3) is 4.21. The van der Waals surface area contributed by atoms with Crippen LogP contribution in [0.4, 0.5) is 0 Å². The Balaban J connectivity index is 3.40. The zero-order chi connectivity index (χ0) is 17.7. The van der Waals surface area contributed by atoms with Crippen molar-refractivity contribution >= 4 is 18.1 Å². The zero-order valence-corrected chi connectivity index (χ0v) is 14.9. The molecule has 1 rings (SSSR count). The first-order valence-electron chi connectivity index (χ1n) is 7.84. The van der Waals surface area contributed by atoms with E-state index in [4.69, 9.17) is 9.72 Å². The number of imidazole rings is 1. The van der Waals surface area contributed by atoms with Crippen molar-refractivity contribution in [2.45, 2.75) is 46.0 Å². The van der Waals surface area contributed by atoms with Gasteiger partial charge in [-0.3, -0.25) is 4.79 Å². The smallest absolute Gasteiger partial charge is 0.311 e. The van der Waals surface area contributed by atoms with Crippen LogP contribution in [0.15, 0.2) is 25.3 Å². The molecule has 4 nitrogen and oxygen atoms in total. The summed E-state index contributed by atoms with van der Waals surface area (Å²) in [5, 5.41) is 1.72. The highest BCUT2D eigenvalue weighted by atomic mass is 16.5. The van der Waals surface area contributed by atoms with Crippen LogP contribution < -0.4 is 10.7 Å². The van der Waals surface area contributed by atoms with E-state index in [1.807, 2.05) is 26.0 Å². The zero-order valence-electron chi connectivity index (χ0n) is 14.9. The second kappa shape index (κ2) is 7.44. The van der Waals surface area contributed by atoms with Crippen LogP contribution in [-0.2, 0) is 14.9 Å². The fraction of sp³-hybridized carbons (Fsp3) is 0.474. The van der Waals surface area contributed by atoms with Gasteiger partial charge in [-0.1, -0.05) is 39.2 Å². The molecule has 0 aliphatic carbocycles. The largest absolute Gasteiger partial charge is 0.469 e. The van der Waals surface area contributed by atoms with Crippen LogP contribution >= 0.6 is 0 Å². The number of carbonyl (C=O) groups is 1. The molecule has 0 saturated heterocycles. The molecule has 4 heteroatoms. The predicted molar refractivity (Wildman–Crippen MR) is 95.2 cm³/mol. The van der Waals surface area contributed by atoms with E-state index < -0.39 is 5.41 Å². The molecule has 0 aliphatic rings. The van der Waals surface area contributed by atoms with Crippen LogP contribution in [-0.4, -0.2) is 23.0 Å². The van der Waals surface area contributed by atoms with E-state index in [1.165, 1.54) is 7.11 Å². The number of rotatable bonds is 7. The van der Waals surface area contributed by atoms with Gasteiger partial charge in [0.2, 0.25) is 0 Å². The van der Waals surface area contributed by atoms with Gasteiger partial charge < -0.3 is 9.72 Å². The molecule has 0 fully saturated rings. The number of allylic oxidation sites excluding steroid dienone is 2. The first-order valence-corrected chi connectivity index (χ1v) is 7.84. The number of H-pyrrole nitrogens is 1. The van der Waals surface area contributed by atoms with Gasteiger partial charge in [-0.2, -0.15) is 0 Å². The molecule has 1 unspecified atom stereocenters. The molecular weight excluding hydrogens is 288 g/mol. The van der Waals surface area contributed by atoms with Gasteiger partial charge in [0, 0.05) is 5.41 Å². The van der Waals surface area contributed by atoms with Crippen molar-refractivity contribution in [2.24, 2.45) is 5.41 Å². The molecule has 1 N–H and O–H groups in total. The number of aromatic amines is 1. The fourth-order valence-corrected chi connectivity index (χ4v) is 2.87. The van der Waals surface area contributed by atoms with E-state index in [9.17, 15) is 4.79 Å². The first kappa shape index (κ1) is 18.9. The summed E-state index contributed by atoms with van der Waals surface area (Å²) < 4.78 is 4.94. The van der Waals surface area contributed by atoms with Crippen molar-refractivity contribution in [1.29, 1.82) is 0 Å². The Morgan fingerprint density at radius 3 is 2.35 bits per heavy atom. The summed E-state index contributed by atoms with van der Waals surface area (Å²) in [4.78, 5) is 20.1. The van der Waals surface area contributed by atoms with E-state index in [2.05, 4.69) is 32.0 Å². The van der Waals surface area contributed by atoms with Crippen LogP contribution in [0.2, 0.25) is 0 Å². The molecular formula is C19H28N2O2. The van der Waals surface area contributed by atoms with Crippen LogP contribution in [0.3, 0.4) is 0 Å². The highest BCUT2D eigenvalue weighted by Crippen LogP contribution is 2.38. The number of nitrogens with one attached hydrogen (secondary N) is 1. The predicted octanol–water partition coefficient (Wildman–Crippen LogP) is 2.60. The van der Waals surface area contributed by atoms with Crippen LogP contribution in [0.5, 0.6) is 0 Å². The Labute approximate surface area is 138 Å². The maximum Gasteiger partial charge on any atom is 0.311 e. The second-order valence-electron chi connectivity index (χ2n) is 6.66. The normalized spacial score (nSPS) is 16.0. The van der Waals surface area contributed by atoms with E-state index in [0.717, 1.165) is 22.9 Å². The molecule has 0 bridgehead atoms. The van der Waals surface area contributed by atoms with Gasteiger partial charge in [-0.15, -0.1) is 0 Å². The molecule has 0 radical (unpaired) electrons. The number of ether oxygens (including phenoxy) is 1. The molecule has 0 amide bonds. The van der Waals surface area contributed by atoms with Gasteiger partial charge in [-0.25, -0.2) is 4.98 Å². The third-order valence-electron chi connectivity index (χ3n) is 4.24. The molecule has 0 spiro atoms. The minimum absolute atomic E-state index is 0.209. The van der Waals surface area contributed by atoms with Crippen molar-refractivity contribution in [3.63, 3.8) is 0 Å². The maximum absolute atomic E-state index is 12.0. The molecule has 0 aromatic carbocycles. The lowest BCUT2D eigenvalue weighted by Crippen LogP contribution is -2.36. The Hall–Kier alpha value is -2.10. The number of carbonyl (C=O) groups excluding carboxylic acids is 1. The minimum atomic E-state index is -0.586. The molecule has 0 aliphatic heterocycles. The Morgan fingerprint density at radius 2 is 1.87 bits per heavy atom. The molecule has 0 saturated carbocycles. The molecule has 1 atom stereocenters. The Kier molecular flexibility index (Phi) is 6.13. The summed E-state index contributed by atoms with van der Waals surface area (Å²) in [6, 6.07) is 0. The van der Waals surface area contributed by atoms with Gasteiger partial charge in [0.1, 0.15) is 5.82 Å². The Morgan fingerprint density at radius 1 is 1.26 bits per heavy atom. The SMILES string of the molecule is C=C/C=c1/nc(C(C)(CC)CC(C)(C)C(=O)OC)[nH]/c1=C/C=C. The number of aromatic nitrogens is 2. The number of hydrogen-bond donors (Lipinski definition) is 1. The molecule has 23 heavy (non-hydrogen) atoms. The highest BCUT2D eigenvalue weighted by Gasteiger charge is 2.39. The van der Waals surface area contributed by atoms with Gasteiger partial charge in [-0.05, 0) is 38.8 Å². The van der Waals surface area contributed by atoms with E-state index >= 15 is 0 Å². The van der Waals surface area contributed by atoms with Crippen molar-refractivity contribution in [3.8, 4) is 0 Å². The quantitative estimate of drug-likeness (QED) is 0.787. The summed E-state index contributed by atoms with van der Waals surface area (Å²) >= 11 is 0. The van der Waals surface area contributed by atoms with Crippen molar-refractivity contribution in [2.75, 3.05) is 7.11 Å². The molecule has 126 valence electrons. The number of hydrogen-bond acceptors (Lipinski definition) is 3.